The molecule has 3 heteroatoms. The minimum absolute atomic E-state index is 0.207. The molecule has 1 nitrogen and oxygen atoms in total. The summed E-state index contributed by atoms with van der Waals surface area (Å²) >= 11 is 3.47. The van der Waals surface area contributed by atoms with Crippen molar-refractivity contribution in [3.63, 3.8) is 0 Å². The molecule has 0 aliphatic carbocycles. The summed E-state index contributed by atoms with van der Waals surface area (Å²) in [6.45, 7) is 4.79. The van der Waals surface area contributed by atoms with Gasteiger partial charge in [0.25, 0.3) is 0 Å². The molecule has 1 fully saturated rings. The Morgan fingerprint density at radius 2 is 2.18 bits per heavy atom. The topological polar surface area (TPSA) is 3.24 Å². The molecule has 1 aromatic carbocycles. The normalized spacial score (nSPS) is 15.8. The summed E-state index contributed by atoms with van der Waals surface area (Å²) in [4.78, 5) is 2.28. The van der Waals surface area contributed by atoms with Crippen LogP contribution in [0.4, 0.5) is 4.39 Å². The minimum Gasteiger partial charge on any atom is -0.295 e. The van der Waals surface area contributed by atoms with E-state index in [9.17, 15) is 4.39 Å². The molecule has 92 valence electrons. The van der Waals surface area contributed by atoms with Crippen LogP contribution in [-0.4, -0.2) is 31.2 Å². The van der Waals surface area contributed by atoms with E-state index in [1.807, 2.05) is 0 Å². The lowest BCUT2D eigenvalue weighted by Gasteiger charge is -2.34. The number of halogens is 2. The van der Waals surface area contributed by atoms with Crippen LogP contribution in [0.1, 0.15) is 17.5 Å². The van der Waals surface area contributed by atoms with Crippen molar-refractivity contribution in [3.05, 3.63) is 39.4 Å². The molecule has 1 heterocycles. The maximum Gasteiger partial charge on any atom is 0.0906 e. The third-order valence-electron chi connectivity index (χ3n) is 3.05. The van der Waals surface area contributed by atoms with Gasteiger partial charge in [0, 0.05) is 24.1 Å². The van der Waals surface area contributed by atoms with Gasteiger partial charge in [-0.2, -0.15) is 0 Å². The Bertz CT molecular complexity index is 420. The summed E-state index contributed by atoms with van der Waals surface area (Å²) in [5.41, 5.74) is 4.01. The highest BCUT2D eigenvalue weighted by molar-refractivity contribution is 9.10. The number of nitrogens with zero attached hydrogens (tertiary/aromatic N) is 1. The number of rotatable bonds is 4. The Balaban J connectivity index is 1.93. The Morgan fingerprint density at radius 3 is 2.82 bits per heavy atom. The third kappa shape index (κ3) is 3.39. The molecule has 0 saturated carbocycles. The first kappa shape index (κ1) is 12.8. The lowest BCUT2D eigenvalue weighted by Crippen LogP contribution is -2.40. The molecule has 0 N–H and O–H groups in total. The molecule has 0 bridgehead atoms. The maximum absolute atomic E-state index is 12.0. The zero-order valence-electron chi connectivity index (χ0n) is 10.0. The second-order valence-electron chi connectivity index (χ2n) is 4.56. The van der Waals surface area contributed by atoms with Crippen LogP contribution in [0, 0.1) is 6.92 Å². The van der Waals surface area contributed by atoms with Crippen LogP contribution < -0.4 is 0 Å². The van der Waals surface area contributed by atoms with E-state index in [0.29, 0.717) is 6.42 Å². The molecular formula is C14H17BrFN. The zero-order valence-corrected chi connectivity index (χ0v) is 11.6. The van der Waals surface area contributed by atoms with Crippen molar-refractivity contribution in [2.45, 2.75) is 13.3 Å². The average Bonchev–Trinajstić information content (AvgIpc) is 2.24. The molecule has 0 unspecified atom stereocenters. The SMILES string of the molecule is Cc1cc(Br)ccc1C=C1CN(CCCF)C1. The summed E-state index contributed by atoms with van der Waals surface area (Å²) in [5, 5.41) is 0. The van der Waals surface area contributed by atoms with Gasteiger partial charge >= 0.3 is 0 Å². The first-order valence-electron chi connectivity index (χ1n) is 5.93. The van der Waals surface area contributed by atoms with Gasteiger partial charge in [0.2, 0.25) is 0 Å². The summed E-state index contributed by atoms with van der Waals surface area (Å²) < 4.78 is 13.1. The Hall–Kier alpha value is -0.670. The summed E-state index contributed by atoms with van der Waals surface area (Å²) in [5.74, 6) is 0. The fourth-order valence-corrected chi connectivity index (χ4v) is 2.56. The molecule has 1 aromatic rings. The number of benzene rings is 1. The molecule has 17 heavy (non-hydrogen) atoms. The van der Waals surface area contributed by atoms with Crippen LogP contribution in [0.3, 0.4) is 0 Å². The summed E-state index contributed by atoms with van der Waals surface area (Å²) in [7, 11) is 0. The predicted molar refractivity (Wildman–Crippen MR) is 73.9 cm³/mol. The fourth-order valence-electron chi connectivity index (χ4n) is 2.08. The highest BCUT2D eigenvalue weighted by Crippen LogP contribution is 2.22. The number of hydrogen-bond donors (Lipinski definition) is 0. The van der Waals surface area contributed by atoms with Gasteiger partial charge in [-0.1, -0.05) is 28.1 Å². The standard InChI is InChI=1S/C14H17BrFN/c1-11-7-14(15)4-3-13(11)8-12-9-17(10-12)6-2-5-16/h3-4,7-8H,2,5-6,9-10H2,1H3. The van der Waals surface area contributed by atoms with E-state index in [1.54, 1.807) is 0 Å². The second-order valence-corrected chi connectivity index (χ2v) is 5.47. The van der Waals surface area contributed by atoms with Gasteiger partial charge in [-0.3, -0.25) is 9.29 Å². The summed E-state index contributed by atoms with van der Waals surface area (Å²) in [6.07, 6.45) is 2.91. The zero-order chi connectivity index (χ0) is 12.3. The Labute approximate surface area is 110 Å². The fraction of sp³-hybridized carbons (Fsp3) is 0.429. The number of hydrogen-bond acceptors (Lipinski definition) is 1. The highest BCUT2D eigenvalue weighted by atomic mass is 79.9. The smallest absolute Gasteiger partial charge is 0.0906 e. The van der Waals surface area contributed by atoms with Gasteiger partial charge in [-0.05, 0) is 42.2 Å². The van der Waals surface area contributed by atoms with E-state index in [0.717, 1.165) is 24.1 Å². The molecule has 1 saturated heterocycles. The predicted octanol–water partition coefficient (Wildman–Crippen LogP) is 3.82. The van der Waals surface area contributed by atoms with E-state index in [2.05, 4.69) is 52.0 Å². The van der Waals surface area contributed by atoms with Gasteiger partial charge in [-0.15, -0.1) is 0 Å². The van der Waals surface area contributed by atoms with Crippen LogP contribution in [0.25, 0.3) is 6.08 Å². The van der Waals surface area contributed by atoms with Crippen LogP contribution in [0.15, 0.2) is 28.2 Å². The number of likely N-dealkylation sites (tertiary alicyclic amines) is 1. The lowest BCUT2D eigenvalue weighted by molar-refractivity contribution is 0.239. The van der Waals surface area contributed by atoms with E-state index < -0.39 is 0 Å². The minimum atomic E-state index is -0.207. The van der Waals surface area contributed by atoms with E-state index >= 15 is 0 Å². The van der Waals surface area contributed by atoms with Crippen molar-refractivity contribution in [1.29, 1.82) is 0 Å². The van der Waals surface area contributed by atoms with Crippen LogP contribution in [-0.2, 0) is 0 Å². The van der Waals surface area contributed by atoms with Crippen molar-refractivity contribution in [2.75, 3.05) is 26.3 Å². The van der Waals surface area contributed by atoms with Crippen LogP contribution >= 0.6 is 15.9 Å². The quantitative estimate of drug-likeness (QED) is 0.817. The molecule has 0 spiro atoms. The maximum atomic E-state index is 12.0. The summed E-state index contributed by atoms with van der Waals surface area (Å²) in [6, 6.07) is 6.33. The van der Waals surface area contributed by atoms with Gasteiger partial charge in [0.05, 0.1) is 6.67 Å². The van der Waals surface area contributed by atoms with E-state index in [4.69, 9.17) is 0 Å². The third-order valence-corrected chi connectivity index (χ3v) is 3.55. The molecule has 0 atom stereocenters. The van der Waals surface area contributed by atoms with Crippen LogP contribution in [0.5, 0.6) is 0 Å². The molecule has 0 aromatic heterocycles. The number of alkyl halides is 1. The Kier molecular flexibility index (Phi) is 4.35. The van der Waals surface area contributed by atoms with Gasteiger partial charge in [0.1, 0.15) is 0 Å². The van der Waals surface area contributed by atoms with Crippen molar-refractivity contribution in [3.8, 4) is 0 Å². The molecule has 2 rings (SSSR count). The average molecular weight is 298 g/mol. The van der Waals surface area contributed by atoms with Crippen molar-refractivity contribution in [1.82, 2.24) is 4.90 Å². The van der Waals surface area contributed by atoms with E-state index in [1.165, 1.54) is 16.7 Å². The monoisotopic (exact) mass is 297 g/mol. The lowest BCUT2D eigenvalue weighted by atomic mass is 10.0. The first-order chi connectivity index (χ1) is 8.19. The van der Waals surface area contributed by atoms with Crippen molar-refractivity contribution in [2.24, 2.45) is 0 Å². The van der Waals surface area contributed by atoms with Crippen LogP contribution in [0.2, 0.25) is 0 Å². The van der Waals surface area contributed by atoms with E-state index in [-0.39, 0.29) is 6.67 Å². The second kappa shape index (κ2) is 5.78. The largest absolute Gasteiger partial charge is 0.295 e. The number of aryl methyl sites for hydroxylation is 1. The molecule has 1 aliphatic heterocycles. The van der Waals surface area contributed by atoms with Crippen molar-refractivity contribution < 1.29 is 4.39 Å². The highest BCUT2D eigenvalue weighted by Gasteiger charge is 2.19. The van der Waals surface area contributed by atoms with Crippen molar-refractivity contribution >= 4 is 22.0 Å². The molecule has 1 aliphatic rings. The molecule has 0 amide bonds. The first-order valence-corrected chi connectivity index (χ1v) is 6.72. The van der Waals surface area contributed by atoms with Gasteiger partial charge in [0.15, 0.2) is 0 Å². The van der Waals surface area contributed by atoms with Gasteiger partial charge in [-0.25, -0.2) is 0 Å². The van der Waals surface area contributed by atoms with Gasteiger partial charge < -0.3 is 0 Å². The Morgan fingerprint density at radius 1 is 1.41 bits per heavy atom. The molecular weight excluding hydrogens is 281 g/mol. The molecule has 0 radical (unpaired) electrons.